The average Bonchev–Trinajstić information content (AvgIpc) is 3.15. The van der Waals surface area contributed by atoms with Crippen LogP contribution >= 0.6 is 0 Å². The first kappa shape index (κ1) is 12.0. The molecule has 0 aromatic carbocycles. The summed E-state index contributed by atoms with van der Waals surface area (Å²) in [5.41, 5.74) is 0.985. The fourth-order valence-corrected chi connectivity index (χ4v) is 3.36. The van der Waals surface area contributed by atoms with Gasteiger partial charge in [0.15, 0.2) is 5.82 Å². The Morgan fingerprint density at radius 3 is 3.15 bits per heavy atom. The molecule has 2 N–H and O–H groups in total. The van der Waals surface area contributed by atoms with Gasteiger partial charge >= 0.3 is 0 Å². The molecule has 2 fully saturated rings. The van der Waals surface area contributed by atoms with Gasteiger partial charge in [0.2, 0.25) is 5.95 Å². The normalized spacial score (nSPS) is 25.9. The molecule has 2 atom stereocenters. The maximum absolute atomic E-state index is 5.32. The molecule has 20 heavy (non-hydrogen) atoms. The van der Waals surface area contributed by atoms with Crippen LogP contribution in [0.2, 0.25) is 0 Å². The summed E-state index contributed by atoms with van der Waals surface area (Å²) in [6.45, 7) is 5.14. The Hall–Kier alpha value is -1.82. The van der Waals surface area contributed by atoms with Gasteiger partial charge in [0.1, 0.15) is 5.76 Å². The van der Waals surface area contributed by atoms with E-state index < -0.39 is 0 Å². The summed E-state index contributed by atoms with van der Waals surface area (Å²) in [4.78, 5) is 6.91. The number of aromatic amines is 1. The van der Waals surface area contributed by atoms with Crippen LogP contribution in [-0.2, 0) is 0 Å². The van der Waals surface area contributed by atoms with Gasteiger partial charge in [0.25, 0.3) is 0 Å². The zero-order valence-electron chi connectivity index (χ0n) is 11.6. The maximum atomic E-state index is 5.32. The minimum atomic E-state index is 0.598. The molecule has 0 aliphatic carbocycles. The third-order valence-electron chi connectivity index (χ3n) is 4.47. The van der Waals surface area contributed by atoms with Crippen molar-refractivity contribution in [2.75, 3.05) is 24.5 Å². The van der Waals surface area contributed by atoms with Crippen molar-refractivity contribution in [1.82, 2.24) is 20.5 Å². The Balaban J connectivity index is 1.55. The van der Waals surface area contributed by atoms with Gasteiger partial charge in [-0.2, -0.15) is 4.98 Å². The predicted molar refractivity (Wildman–Crippen MR) is 75.5 cm³/mol. The van der Waals surface area contributed by atoms with Crippen LogP contribution in [0.1, 0.15) is 18.6 Å². The predicted octanol–water partition coefficient (Wildman–Crippen LogP) is 1.56. The molecule has 0 bridgehead atoms. The second-order valence-electron chi connectivity index (χ2n) is 5.74. The van der Waals surface area contributed by atoms with Crippen molar-refractivity contribution in [3.05, 3.63) is 18.1 Å². The minimum Gasteiger partial charge on any atom is -0.469 e. The van der Waals surface area contributed by atoms with Crippen molar-refractivity contribution in [3.8, 4) is 11.4 Å². The SMILES string of the molecule is Cc1occc1-c1nc(N2CC3CCCNC3C2)n[nH]1. The van der Waals surface area contributed by atoms with E-state index in [9.17, 15) is 0 Å². The van der Waals surface area contributed by atoms with Crippen molar-refractivity contribution in [1.29, 1.82) is 0 Å². The number of rotatable bonds is 2. The van der Waals surface area contributed by atoms with E-state index in [1.54, 1.807) is 6.26 Å². The Morgan fingerprint density at radius 1 is 1.40 bits per heavy atom. The van der Waals surface area contributed by atoms with E-state index in [0.717, 1.165) is 48.6 Å². The Kier molecular flexibility index (Phi) is 2.77. The molecule has 0 amide bonds. The number of hydrogen-bond donors (Lipinski definition) is 2. The van der Waals surface area contributed by atoms with Crippen molar-refractivity contribution in [2.24, 2.45) is 5.92 Å². The molecular formula is C14H19N5O. The van der Waals surface area contributed by atoms with E-state index in [4.69, 9.17) is 4.42 Å². The zero-order valence-corrected chi connectivity index (χ0v) is 11.6. The van der Waals surface area contributed by atoms with Gasteiger partial charge in [-0.3, -0.25) is 5.10 Å². The Morgan fingerprint density at radius 2 is 2.35 bits per heavy atom. The first-order chi connectivity index (χ1) is 9.81. The van der Waals surface area contributed by atoms with E-state index in [1.807, 2.05) is 13.0 Å². The summed E-state index contributed by atoms with van der Waals surface area (Å²) < 4.78 is 5.32. The first-order valence-corrected chi connectivity index (χ1v) is 7.26. The third kappa shape index (κ3) is 1.91. The second-order valence-corrected chi connectivity index (χ2v) is 5.74. The van der Waals surface area contributed by atoms with Gasteiger partial charge in [0, 0.05) is 19.1 Å². The van der Waals surface area contributed by atoms with E-state index in [2.05, 4.69) is 25.4 Å². The van der Waals surface area contributed by atoms with Crippen LogP contribution in [0.25, 0.3) is 11.4 Å². The quantitative estimate of drug-likeness (QED) is 0.869. The summed E-state index contributed by atoms with van der Waals surface area (Å²) in [5.74, 6) is 3.19. The third-order valence-corrected chi connectivity index (χ3v) is 4.47. The van der Waals surface area contributed by atoms with E-state index in [-0.39, 0.29) is 0 Å². The number of anilines is 1. The summed E-state index contributed by atoms with van der Waals surface area (Å²) >= 11 is 0. The lowest BCUT2D eigenvalue weighted by molar-refractivity contribution is 0.340. The van der Waals surface area contributed by atoms with Crippen LogP contribution in [0, 0.1) is 12.8 Å². The Bertz CT molecular complexity index is 590. The van der Waals surface area contributed by atoms with Crippen LogP contribution < -0.4 is 10.2 Å². The molecule has 2 saturated heterocycles. The van der Waals surface area contributed by atoms with E-state index in [0.29, 0.717) is 6.04 Å². The standard InChI is InChI=1S/C14H19N5O/c1-9-11(4-6-20-9)13-16-14(18-17-13)19-7-10-3-2-5-15-12(10)8-19/h4,6,10,12,15H,2-3,5,7-8H2,1H3,(H,16,17,18). The lowest BCUT2D eigenvalue weighted by Gasteiger charge is -2.24. The fraction of sp³-hybridized carbons (Fsp3) is 0.571. The van der Waals surface area contributed by atoms with Crippen molar-refractivity contribution >= 4 is 5.95 Å². The highest BCUT2D eigenvalue weighted by Gasteiger charge is 2.35. The maximum Gasteiger partial charge on any atom is 0.245 e. The van der Waals surface area contributed by atoms with Gasteiger partial charge in [0.05, 0.1) is 11.8 Å². The molecule has 0 saturated carbocycles. The van der Waals surface area contributed by atoms with Crippen LogP contribution in [0.15, 0.2) is 16.7 Å². The number of nitrogens with one attached hydrogen (secondary N) is 2. The molecule has 106 valence electrons. The van der Waals surface area contributed by atoms with E-state index >= 15 is 0 Å². The van der Waals surface area contributed by atoms with Gasteiger partial charge in [-0.15, -0.1) is 5.10 Å². The number of nitrogens with zero attached hydrogens (tertiary/aromatic N) is 3. The molecule has 6 nitrogen and oxygen atoms in total. The Labute approximate surface area is 117 Å². The molecule has 2 unspecified atom stereocenters. The summed E-state index contributed by atoms with van der Waals surface area (Å²) in [5, 5.41) is 11.0. The van der Waals surface area contributed by atoms with Crippen LogP contribution in [0.5, 0.6) is 0 Å². The van der Waals surface area contributed by atoms with Gasteiger partial charge in [-0.1, -0.05) is 0 Å². The highest BCUT2D eigenvalue weighted by molar-refractivity contribution is 5.58. The molecule has 2 aliphatic rings. The zero-order chi connectivity index (χ0) is 13.5. The molecule has 0 radical (unpaired) electrons. The molecule has 4 rings (SSSR count). The largest absolute Gasteiger partial charge is 0.469 e. The van der Waals surface area contributed by atoms with Crippen molar-refractivity contribution < 1.29 is 4.42 Å². The molecule has 2 aliphatic heterocycles. The number of hydrogen-bond acceptors (Lipinski definition) is 5. The van der Waals surface area contributed by atoms with Gasteiger partial charge in [-0.05, 0) is 38.3 Å². The van der Waals surface area contributed by atoms with Crippen LogP contribution in [-0.4, -0.2) is 40.9 Å². The fourth-order valence-electron chi connectivity index (χ4n) is 3.36. The molecule has 2 aromatic rings. The summed E-state index contributed by atoms with van der Waals surface area (Å²) in [6, 6.07) is 2.52. The lowest BCUT2D eigenvalue weighted by atomic mass is 9.94. The highest BCUT2D eigenvalue weighted by atomic mass is 16.3. The summed E-state index contributed by atoms with van der Waals surface area (Å²) in [7, 11) is 0. The van der Waals surface area contributed by atoms with Gasteiger partial charge < -0.3 is 14.6 Å². The first-order valence-electron chi connectivity index (χ1n) is 7.26. The number of fused-ring (bicyclic) bond motifs is 1. The number of aromatic nitrogens is 3. The molecular weight excluding hydrogens is 254 g/mol. The van der Waals surface area contributed by atoms with Gasteiger partial charge in [-0.25, -0.2) is 0 Å². The van der Waals surface area contributed by atoms with Crippen LogP contribution in [0.3, 0.4) is 0 Å². The minimum absolute atomic E-state index is 0.598. The monoisotopic (exact) mass is 273 g/mol. The number of piperidine rings is 1. The molecule has 2 aromatic heterocycles. The average molecular weight is 273 g/mol. The summed E-state index contributed by atoms with van der Waals surface area (Å²) in [6.07, 6.45) is 4.27. The topological polar surface area (TPSA) is 70.0 Å². The smallest absolute Gasteiger partial charge is 0.245 e. The van der Waals surface area contributed by atoms with E-state index in [1.165, 1.54) is 12.8 Å². The molecule has 4 heterocycles. The highest BCUT2D eigenvalue weighted by Crippen LogP contribution is 2.28. The second kappa shape index (κ2) is 4.63. The number of H-pyrrole nitrogens is 1. The lowest BCUT2D eigenvalue weighted by Crippen LogP contribution is -2.40. The molecule has 6 heteroatoms. The number of aryl methyl sites for hydroxylation is 1. The molecule has 0 spiro atoms. The number of furan rings is 1. The van der Waals surface area contributed by atoms with Crippen molar-refractivity contribution in [3.63, 3.8) is 0 Å². The van der Waals surface area contributed by atoms with Crippen molar-refractivity contribution in [2.45, 2.75) is 25.8 Å². The van der Waals surface area contributed by atoms with Crippen LogP contribution in [0.4, 0.5) is 5.95 Å².